The molecule has 0 aromatic heterocycles. The highest BCUT2D eigenvalue weighted by Crippen LogP contribution is 2.10. The van der Waals surface area contributed by atoms with Gasteiger partial charge in [-0.1, -0.05) is 13.0 Å². The number of ether oxygens (including phenoxy) is 1. The van der Waals surface area contributed by atoms with E-state index in [9.17, 15) is 14.3 Å². The van der Waals surface area contributed by atoms with Crippen molar-refractivity contribution in [2.75, 3.05) is 6.61 Å². The van der Waals surface area contributed by atoms with Gasteiger partial charge in [0.15, 0.2) is 0 Å². The zero-order chi connectivity index (χ0) is 11.3. The number of carboxylic acids is 1. The Morgan fingerprint density at radius 3 is 2.80 bits per heavy atom. The highest BCUT2D eigenvalue weighted by Gasteiger charge is 2.04. The van der Waals surface area contributed by atoms with E-state index in [0.29, 0.717) is 12.2 Å². The van der Waals surface area contributed by atoms with Crippen molar-refractivity contribution in [2.45, 2.75) is 20.0 Å². The lowest BCUT2D eigenvalue weighted by Crippen LogP contribution is -2.23. The third-order valence-electron chi connectivity index (χ3n) is 1.87. The van der Waals surface area contributed by atoms with Gasteiger partial charge in [0.1, 0.15) is 5.82 Å². The second-order valence-corrected chi connectivity index (χ2v) is 3.15. The Balaban J connectivity index is 2.69. The molecule has 82 valence electrons. The molecule has 1 aromatic rings. The van der Waals surface area contributed by atoms with E-state index in [-0.39, 0.29) is 6.61 Å². The molecule has 0 unspecified atom stereocenters. The average Bonchev–Trinajstić information content (AvgIpc) is 2.17. The zero-order valence-electron chi connectivity index (χ0n) is 8.46. The van der Waals surface area contributed by atoms with E-state index >= 15 is 0 Å². The summed E-state index contributed by atoms with van der Waals surface area (Å²) in [7, 11) is 0. The van der Waals surface area contributed by atoms with Crippen LogP contribution in [0, 0.1) is 5.82 Å². The number of carbonyl (C=O) groups excluding carboxylic acids is 1. The third-order valence-corrected chi connectivity index (χ3v) is 1.87. The smallest absolute Gasteiger partial charge is 0.132 e. The summed E-state index contributed by atoms with van der Waals surface area (Å²) in [5.74, 6) is -2.29. The third kappa shape index (κ3) is 3.32. The molecule has 1 rings (SSSR count). The van der Waals surface area contributed by atoms with E-state index < -0.39 is 17.3 Å². The van der Waals surface area contributed by atoms with Crippen LogP contribution in [0.2, 0.25) is 0 Å². The van der Waals surface area contributed by atoms with Crippen molar-refractivity contribution >= 4 is 5.97 Å². The molecule has 0 amide bonds. The standard InChI is InChI=1S/C11H13FO3/c1-2-5-15-7-8-3-4-9(11(13)14)10(12)6-8/h3-4,6H,2,5,7H2,1H3,(H,13,14)/p-1. The Labute approximate surface area is 87.5 Å². The molecule has 0 aliphatic heterocycles. The molecule has 0 radical (unpaired) electrons. The van der Waals surface area contributed by atoms with Crippen molar-refractivity contribution in [1.82, 2.24) is 0 Å². The van der Waals surface area contributed by atoms with Gasteiger partial charge in [-0.3, -0.25) is 0 Å². The normalized spacial score (nSPS) is 10.3. The van der Waals surface area contributed by atoms with Crippen LogP contribution in [0.4, 0.5) is 4.39 Å². The van der Waals surface area contributed by atoms with Crippen LogP contribution < -0.4 is 5.11 Å². The molecule has 0 heterocycles. The van der Waals surface area contributed by atoms with Crippen LogP contribution >= 0.6 is 0 Å². The van der Waals surface area contributed by atoms with Gasteiger partial charge in [-0.25, -0.2) is 4.39 Å². The Kier molecular flexibility index (Phi) is 4.24. The maximum absolute atomic E-state index is 13.1. The number of carbonyl (C=O) groups is 1. The second kappa shape index (κ2) is 5.46. The molecule has 0 bridgehead atoms. The van der Waals surface area contributed by atoms with Crippen molar-refractivity contribution in [3.05, 3.63) is 35.1 Å². The van der Waals surface area contributed by atoms with Gasteiger partial charge in [0, 0.05) is 12.2 Å². The summed E-state index contributed by atoms with van der Waals surface area (Å²) in [5.41, 5.74) is 0.195. The van der Waals surface area contributed by atoms with E-state index in [2.05, 4.69) is 0 Å². The predicted molar refractivity (Wildman–Crippen MR) is 50.7 cm³/mol. The minimum Gasteiger partial charge on any atom is -0.545 e. The van der Waals surface area contributed by atoms with E-state index in [4.69, 9.17) is 4.74 Å². The summed E-state index contributed by atoms with van der Waals surface area (Å²) in [6, 6.07) is 3.86. The lowest BCUT2D eigenvalue weighted by molar-refractivity contribution is -0.255. The number of carboxylic acid groups (broad SMARTS) is 1. The lowest BCUT2D eigenvalue weighted by Gasteiger charge is -2.07. The van der Waals surface area contributed by atoms with Crippen LogP contribution in [-0.2, 0) is 11.3 Å². The van der Waals surface area contributed by atoms with Gasteiger partial charge in [-0.2, -0.15) is 0 Å². The molecule has 0 N–H and O–H groups in total. The Morgan fingerprint density at radius 2 is 2.27 bits per heavy atom. The highest BCUT2D eigenvalue weighted by atomic mass is 19.1. The number of hydrogen-bond donors (Lipinski definition) is 0. The molecular formula is C11H12FO3-. The first-order chi connectivity index (χ1) is 7.15. The zero-order valence-corrected chi connectivity index (χ0v) is 8.46. The van der Waals surface area contributed by atoms with Crippen LogP contribution in [0.1, 0.15) is 29.3 Å². The van der Waals surface area contributed by atoms with E-state index in [1.54, 1.807) is 0 Å². The summed E-state index contributed by atoms with van der Waals surface area (Å²) in [5, 5.41) is 10.4. The monoisotopic (exact) mass is 211 g/mol. The minimum absolute atomic E-state index is 0.290. The first-order valence-electron chi connectivity index (χ1n) is 4.72. The van der Waals surface area contributed by atoms with Gasteiger partial charge in [0.25, 0.3) is 0 Å². The summed E-state index contributed by atoms with van der Waals surface area (Å²) in [4.78, 5) is 10.4. The van der Waals surface area contributed by atoms with Crippen molar-refractivity contribution in [2.24, 2.45) is 0 Å². The SMILES string of the molecule is CCCOCc1ccc(C(=O)[O-])c(F)c1. The van der Waals surface area contributed by atoms with Gasteiger partial charge in [0.2, 0.25) is 0 Å². The summed E-state index contributed by atoms with van der Waals surface area (Å²) in [6.07, 6.45) is 0.889. The first kappa shape index (κ1) is 11.7. The molecule has 0 fully saturated rings. The van der Waals surface area contributed by atoms with Crippen LogP contribution in [0.3, 0.4) is 0 Å². The predicted octanol–water partition coefficient (Wildman–Crippen LogP) is 1.12. The van der Waals surface area contributed by atoms with Crippen LogP contribution in [0.25, 0.3) is 0 Å². The number of rotatable bonds is 5. The number of benzene rings is 1. The van der Waals surface area contributed by atoms with Gasteiger partial charge in [-0.15, -0.1) is 0 Å². The molecule has 15 heavy (non-hydrogen) atoms. The molecule has 0 spiro atoms. The van der Waals surface area contributed by atoms with E-state index in [0.717, 1.165) is 12.5 Å². The average molecular weight is 211 g/mol. The fourth-order valence-electron chi connectivity index (χ4n) is 1.15. The summed E-state index contributed by atoms with van der Waals surface area (Å²) >= 11 is 0. The van der Waals surface area contributed by atoms with Gasteiger partial charge >= 0.3 is 0 Å². The molecule has 0 atom stereocenters. The van der Waals surface area contributed by atoms with Gasteiger partial charge in [0.05, 0.1) is 12.6 Å². The number of halogens is 1. The molecule has 4 heteroatoms. The number of hydrogen-bond acceptors (Lipinski definition) is 3. The quantitative estimate of drug-likeness (QED) is 0.685. The number of aromatic carboxylic acids is 1. The molecule has 0 aliphatic rings. The van der Waals surface area contributed by atoms with Crippen LogP contribution in [0.5, 0.6) is 0 Å². The van der Waals surface area contributed by atoms with Crippen LogP contribution in [-0.4, -0.2) is 12.6 Å². The second-order valence-electron chi connectivity index (χ2n) is 3.15. The molecule has 0 aliphatic carbocycles. The van der Waals surface area contributed by atoms with Crippen molar-refractivity contribution in [1.29, 1.82) is 0 Å². The van der Waals surface area contributed by atoms with Crippen molar-refractivity contribution in [3.63, 3.8) is 0 Å². The fourth-order valence-corrected chi connectivity index (χ4v) is 1.15. The van der Waals surface area contributed by atoms with Gasteiger partial charge in [-0.05, 0) is 24.1 Å². The van der Waals surface area contributed by atoms with Crippen LogP contribution in [0.15, 0.2) is 18.2 Å². The fraction of sp³-hybridized carbons (Fsp3) is 0.364. The maximum atomic E-state index is 13.1. The van der Waals surface area contributed by atoms with Crippen molar-refractivity contribution < 1.29 is 19.0 Å². The summed E-state index contributed by atoms with van der Waals surface area (Å²) < 4.78 is 18.3. The molecule has 0 saturated carbocycles. The molecule has 3 nitrogen and oxygen atoms in total. The summed E-state index contributed by atoms with van der Waals surface area (Å²) in [6.45, 7) is 2.86. The van der Waals surface area contributed by atoms with E-state index in [1.807, 2.05) is 6.92 Å². The minimum atomic E-state index is -1.51. The lowest BCUT2D eigenvalue weighted by atomic mass is 10.1. The Hall–Kier alpha value is -1.42. The molecule has 1 aromatic carbocycles. The molecule has 0 saturated heterocycles. The molecular weight excluding hydrogens is 199 g/mol. The first-order valence-corrected chi connectivity index (χ1v) is 4.72. The topological polar surface area (TPSA) is 49.4 Å². The Morgan fingerprint density at radius 1 is 1.53 bits per heavy atom. The largest absolute Gasteiger partial charge is 0.545 e. The Bertz CT molecular complexity index is 350. The van der Waals surface area contributed by atoms with E-state index in [1.165, 1.54) is 12.1 Å². The highest BCUT2D eigenvalue weighted by molar-refractivity contribution is 5.86. The van der Waals surface area contributed by atoms with Crippen molar-refractivity contribution in [3.8, 4) is 0 Å². The maximum Gasteiger partial charge on any atom is 0.132 e. The van der Waals surface area contributed by atoms with Gasteiger partial charge < -0.3 is 14.6 Å².